The van der Waals surface area contributed by atoms with Crippen molar-refractivity contribution in [1.82, 2.24) is 9.97 Å². The molecule has 3 aromatic rings. The Morgan fingerprint density at radius 3 is 2.60 bits per heavy atom. The van der Waals surface area contributed by atoms with Gasteiger partial charge in [0.15, 0.2) is 17.5 Å². The number of benzene rings is 1. The van der Waals surface area contributed by atoms with Crippen LogP contribution in [-0.2, 0) is 11.2 Å². The lowest BCUT2D eigenvalue weighted by Crippen LogP contribution is -2.14. The maximum atomic E-state index is 13.5. The first-order chi connectivity index (χ1) is 12.0. The summed E-state index contributed by atoms with van der Waals surface area (Å²) in [5.74, 6) is -4.84. The van der Waals surface area contributed by atoms with E-state index in [1.165, 1.54) is 11.3 Å². The minimum Gasteiger partial charge on any atom is -0.323 e. The van der Waals surface area contributed by atoms with Crippen LogP contribution in [0.1, 0.15) is 12.1 Å². The SMILES string of the molecule is O=C(CCc1csc(-c2ccncc2)n1)Nc1ccc(F)c(F)c1F. The van der Waals surface area contributed by atoms with Crippen molar-refractivity contribution in [3.8, 4) is 10.6 Å². The molecule has 25 heavy (non-hydrogen) atoms. The van der Waals surface area contributed by atoms with Gasteiger partial charge in [0.2, 0.25) is 5.91 Å². The molecule has 1 amide bonds. The van der Waals surface area contributed by atoms with Gasteiger partial charge in [-0.3, -0.25) is 9.78 Å². The summed E-state index contributed by atoms with van der Waals surface area (Å²) >= 11 is 1.44. The van der Waals surface area contributed by atoms with Crippen molar-refractivity contribution in [3.63, 3.8) is 0 Å². The van der Waals surface area contributed by atoms with Gasteiger partial charge in [-0.05, 0) is 30.7 Å². The molecule has 1 aromatic carbocycles. The third-order valence-corrected chi connectivity index (χ3v) is 4.34. The molecule has 2 aromatic heterocycles. The van der Waals surface area contributed by atoms with E-state index in [1.807, 2.05) is 17.5 Å². The molecule has 0 aliphatic rings. The van der Waals surface area contributed by atoms with E-state index in [0.717, 1.165) is 28.4 Å². The fourth-order valence-electron chi connectivity index (χ4n) is 2.13. The lowest BCUT2D eigenvalue weighted by Gasteiger charge is -2.06. The van der Waals surface area contributed by atoms with Gasteiger partial charge in [0, 0.05) is 29.8 Å². The zero-order chi connectivity index (χ0) is 17.8. The minimum atomic E-state index is -1.61. The van der Waals surface area contributed by atoms with Gasteiger partial charge < -0.3 is 5.32 Å². The molecule has 0 saturated heterocycles. The van der Waals surface area contributed by atoms with Crippen LogP contribution in [-0.4, -0.2) is 15.9 Å². The van der Waals surface area contributed by atoms with E-state index in [9.17, 15) is 18.0 Å². The highest BCUT2D eigenvalue weighted by molar-refractivity contribution is 7.13. The molecule has 0 unspecified atom stereocenters. The highest BCUT2D eigenvalue weighted by Crippen LogP contribution is 2.24. The lowest BCUT2D eigenvalue weighted by atomic mass is 10.2. The first kappa shape index (κ1) is 17.1. The van der Waals surface area contributed by atoms with Crippen molar-refractivity contribution >= 4 is 22.9 Å². The number of nitrogens with one attached hydrogen (secondary N) is 1. The van der Waals surface area contributed by atoms with E-state index >= 15 is 0 Å². The largest absolute Gasteiger partial charge is 0.323 e. The molecule has 8 heteroatoms. The molecule has 1 N–H and O–H groups in total. The van der Waals surface area contributed by atoms with Crippen molar-refractivity contribution in [1.29, 1.82) is 0 Å². The van der Waals surface area contributed by atoms with Gasteiger partial charge in [0.25, 0.3) is 0 Å². The van der Waals surface area contributed by atoms with Crippen molar-refractivity contribution in [2.24, 2.45) is 0 Å². The lowest BCUT2D eigenvalue weighted by molar-refractivity contribution is -0.116. The van der Waals surface area contributed by atoms with Crippen LogP contribution in [0.4, 0.5) is 18.9 Å². The van der Waals surface area contributed by atoms with Gasteiger partial charge in [-0.2, -0.15) is 0 Å². The summed E-state index contributed by atoms with van der Waals surface area (Å²) in [5, 5.41) is 4.88. The summed E-state index contributed by atoms with van der Waals surface area (Å²) in [6, 6.07) is 5.41. The number of carbonyl (C=O) groups excluding carboxylic acids is 1. The van der Waals surface area contributed by atoms with Crippen LogP contribution in [0.15, 0.2) is 42.0 Å². The van der Waals surface area contributed by atoms with E-state index in [2.05, 4.69) is 15.3 Å². The number of hydrogen-bond donors (Lipinski definition) is 1. The maximum absolute atomic E-state index is 13.5. The summed E-state index contributed by atoms with van der Waals surface area (Å²) in [5.41, 5.74) is 1.26. The number of rotatable bonds is 5. The summed E-state index contributed by atoms with van der Waals surface area (Å²) in [4.78, 5) is 20.3. The van der Waals surface area contributed by atoms with Gasteiger partial charge in [-0.1, -0.05) is 0 Å². The fraction of sp³-hybridized carbons (Fsp3) is 0.118. The number of anilines is 1. The summed E-state index contributed by atoms with van der Waals surface area (Å²) in [6.07, 6.45) is 3.72. The van der Waals surface area contributed by atoms with Gasteiger partial charge >= 0.3 is 0 Å². The number of amides is 1. The van der Waals surface area contributed by atoms with Crippen molar-refractivity contribution in [2.45, 2.75) is 12.8 Å². The molecular formula is C17H12F3N3OS. The van der Waals surface area contributed by atoms with E-state index in [0.29, 0.717) is 6.42 Å². The predicted octanol–water partition coefficient (Wildman–Crippen LogP) is 4.19. The van der Waals surface area contributed by atoms with E-state index in [-0.39, 0.29) is 12.1 Å². The normalized spacial score (nSPS) is 10.7. The van der Waals surface area contributed by atoms with Crippen molar-refractivity contribution in [3.05, 3.63) is 65.2 Å². The molecule has 0 fully saturated rings. The molecular weight excluding hydrogens is 351 g/mol. The Kier molecular flexibility index (Phi) is 5.08. The molecule has 0 spiro atoms. The van der Waals surface area contributed by atoms with E-state index in [1.54, 1.807) is 12.4 Å². The van der Waals surface area contributed by atoms with Gasteiger partial charge in [-0.15, -0.1) is 11.3 Å². The average molecular weight is 363 g/mol. The number of pyridine rings is 1. The summed E-state index contributed by atoms with van der Waals surface area (Å²) in [7, 11) is 0. The molecule has 3 rings (SSSR count). The molecule has 4 nitrogen and oxygen atoms in total. The Labute approximate surface area is 145 Å². The van der Waals surface area contributed by atoms with Crippen LogP contribution in [0.3, 0.4) is 0 Å². The third-order valence-electron chi connectivity index (χ3n) is 3.40. The van der Waals surface area contributed by atoms with Crippen LogP contribution >= 0.6 is 11.3 Å². The minimum absolute atomic E-state index is 0.0396. The second-order valence-electron chi connectivity index (χ2n) is 5.15. The number of aromatic nitrogens is 2. The van der Waals surface area contributed by atoms with Crippen LogP contribution < -0.4 is 5.32 Å². The smallest absolute Gasteiger partial charge is 0.224 e. The summed E-state index contributed by atoms with van der Waals surface area (Å²) < 4.78 is 39.5. The Balaban J connectivity index is 1.60. The maximum Gasteiger partial charge on any atom is 0.224 e. The number of halogens is 3. The van der Waals surface area contributed by atoms with Crippen molar-refractivity contribution in [2.75, 3.05) is 5.32 Å². The second-order valence-corrected chi connectivity index (χ2v) is 6.01. The molecule has 0 radical (unpaired) electrons. The number of thiazole rings is 1. The van der Waals surface area contributed by atoms with Crippen LogP contribution in [0.5, 0.6) is 0 Å². The summed E-state index contributed by atoms with van der Waals surface area (Å²) in [6.45, 7) is 0. The third kappa shape index (κ3) is 4.03. The quantitative estimate of drug-likeness (QED) is 0.692. The highest BCUT2D eigenvalue weighted by atomic mass is 32.1. The molecule has 0 saturated carbocycles. The number of hydrogen-bond acceptors (Lipinski definition) is 4. The Morgan fingerprint density at radius 1 is 1.08 bits per heavy atom. The van der Waals surface area contributed by atoms with Gasteiger partial charge in [0.05, 0.1) is 11.4 Å². The molecule has 2 heterocycles. The van der Waals surface area contributed by atoms with E-state index in [4.69, 9.17) is 0 Å². The molecule has 0 aliphatic heterocycles. The highest BCUT2D eigenvalue weighted by Gasteiger charge is 2.15. The second kappa shape index (κ2) is 7.43. The van der Waals surface area contributed by atoms with Crippen LogP contribution in [0.2, 0.25) is 0 Å². The fourth-order valence-corrected chi connectivity index (χ4v) is 2.99. The van der Waals surface area contributed by atoms with Crippen molar-refractivity contribution < 1.29 is 18.0 Å². The first-order valence-electron chi connectivity index (χ1n) is 7.32. The monoisotopic (exact) mass is 363 g/mol. The van der Waals surface area contributed by atoms with E-state index < -0.39 is 23.4 Å². The van der Waals surface area contributed by atoms with Gasteiger partial charge in [-0.25, -0.2) is 18.2 Å². The predicted molar refractivity (Wildman–Crippen MR) is 88.6 cm³/mol. The molecule has 0 atom stereocenters. The zero-order valence-electron chi connectivity index (χ0n) is 12.8. The molecule has 0 aliphatic carbocycles. The number of carbonyl (C=O) groups is 1. The Bertz CT molecular complexity index is 899. The number of nitrogens with zero attached hydrogens (tertiary/aromatic N) is 2. The number of aryl methyl sites for hydroxylation is 1. The Morgan fingerprint density at radius 2 is 1.84 bits per heavy atom. The topological polar surface area (TPSA) is 54.9 Å². The molecule has 0 bridgehead atoms. The van der Waals surface area contributed by atoms with Crippen LogP contribution in [0.25, 0.3) is 10.6 Å². The zero-order valence-corrected chi connectivity index (χ0v) is 13.6. The standard InChI is InChI=1S/C17H12F3N3OS/c18-12-2-3-13(16(20)15(12)19)23-14(24)4-1-11-9-25-17(22-11)10-5-7-21-8-6-10/h2-3,5-9H,1,4H2,(H,23,24). The Hall–Kier alpha value is -2.74. The average Bonchev–Trinajstić information content (AvgIpc) is 3.10. The van der Waals surface area contributed by atoms with Gasteiger partial charge in [0.1, 0.15) is 5.01 Å². The first-order valence-corrected chi connectivity index (χ1v) is 8.20. The molecule has 128 valence electrons. The van der Waals surface area contributed by atoms with Crippen LogP contribution in [0, 0.1) is 17.5 Å².